The van der Waals surface area contributed by atoms with Crippen LogP contribution in [0.5, 0.6) is 5.75 Å². The number of carboxylic acids is 1. The van der Waals surface area contributed by atoms with Crippen LogP contribution in [0, 0.1) is 0 Å². The smallest absolute Gasteiger partial charge is 0.328 e. The summed E-state index contributed by atoms with van der Waals surface area (Å²) in [7, 11) is 3.20. The summed E-state index contributed by atoms with van der Waals surface area (Å²) in [6.45, 7) is 1.41. The molecule has 0 aliphatic heterocycles. The number of carbonyl (C=O) groups is 1. The molecule has 0 radical (unpaired) electrons. The maximum Gasteiger partial charge on any atom is 0.328 e. The molecule has 5 heteroatoms. The molecule has 1 rings (SSSR count). The monoisotopic (exact) mass is 266 g/mol. The van der Waals surface area contributed by atoms with Crippen molar-refractivity contribution in [3.63, 3.8) is 0 Å². The van der Waals surface area contributed by atoms with Gasteiger partial charge < -0.3 is 19.3 Å². The van der Waals surface area contributed by atoms with Gasteiger partial charge in [-0.15, -0.1) is 0 Å². The van der Waals surface area contributed by atoms with Gasteiger partial charge in [-0.25, -0.2) is 4.79 Å². The zero-order valence-corrected chi connectivity index (χ0v) is 11.1. The molecule has 1 aromatic carbocycles. The molecule has 0 saturated carbocycles. The Morgan fingerprint density at radius 2 is 2.11 bits per heavy atom. The van der Waals surface area contributed by atoms with E-state index in [2.05, 4.69) is 0 Å². The highest BCUT2D eigenvalue weighted by Crippen LogP contribution is 2.21. The van der Waals surface area contributed by atoms with E-state index in [9.17, 15) is 4.79 Å². The van der Waals surface area contributed by atoms with Gasteiger partial charge in [-0.3, -0.25) is 0 Å². The molecule has 0 bridgehead atoms. The van der Waals surface area contributed by atoms with E-state index in [0.717, 1.165) is 17.2 Å². The zero-order chi connectivity index (χ0) is 14.1. The molecule has 0 spiro atoms. The van der Waals surface area contributed by atoms with Crippen LogP contribution in [-0.4, -0.2) is 38.5 Å². The lowest BCUT2D eigenvalue weighted by atomic mass is 10.1. The standard InChI is InChI=1S/C14H18O5/c1-17-7-8-19-10-12-9-11(4-6-14(15)16)3-5-13(12)18-2/h3-6,9H,7-8,10H2,1-2H3,(H,15,16). The summed E-state index contributed by atoms with van der Waals surface area (Å²) >= 11 is 0. The van der Waals surface area contributed by atoms with Crippen LogP contribution in [0.15, 0.2) is 24.3 Å². The highest BCUT2D eigenvalue weighted by atomic mass is 16.5. The van der Waals surface area contributed by atoms with Crippen molar-refractivity contribution in [2.75, 3.05) is 27.4 Å². The first-order valence-electron chi connectivity index (χ1n) is 5.82. The average molecular weight is 266 g/mol. The Kier molecular flexibility index (Phi) is 6.63. The third kappa shape index (κ3) is 5.54. The first kappa shape index (κ1) is 15.2. The number of methoxy groups -OCH3 is 2. The van der Waals surface area contributed by atoms with E-state index in [4.69, 9.17) is 19.3 Å². The Balaban J connectivity index is 2.75. The molecule has 0 unspecified atom stereocenters. The quantitative estimate of drug-likeness (QED) is 0.575. The topological polar surface area (TPSA) is 65.0 Å². The van der Waals surface area contributed by atoms with E-state index in [1.807, 2.05) is 6.07 Å². The summed E-state index contributed by atoms with van der Waals surface area (Å²) in [4.78, 5) is 10.5. The molecule has 0 amide bonds. The second kappa shape index (κ2) is 8.29. The van der Waals surface area contributed by atoms with Gasteiger partial charge >= 0.3 is 5.97 Å². The summed E-state index contributed by atoms with van der Waals surface area (Å²) in [6, 6.07) is 5.42. The summed E-state index contributed by atoms with van der Waals surface area (Å²) in [5.74, 6) is -0.265. The Morgan fingerprint density at radius 3 is 2.74 bits per heavy atom. The van der Waals surface area contributed by atoms with Crippen LogP contribution in [0.25, 0.3) is 6.08 Å². The van der Waals surface area contributed by atoms with E-state index < -0.39 is 5.97 Å². The summed E-state index contributed by atoms with van der Waals surface area (Å²) < 4.78 is 15.6. The Morgan fingerprint density at radius 1 is 1.32 bits per heavy atom. The van der Waals surface area contributed by atoms with Crippen molar-refractivity contribution < 1.29 is 24.1 Å². The number of ether oxygens (including phenoxy) is 3. The highest BCUT2D eigenvalue weighted by Gasteiger charge is 2.04. The van der Waals surface area contributed by atoms with Crippen molar-refractivity contribution in [2.24, 2.45) is 0 Å². The Hall–Kier alpha value is -1.85. The lowest BCUT2D eigenvalue weighted by Gasteiger charge is -2.10. The molecule has 0 aliphatic rings. The maximum atomic E-state index is 10.5. The van der Waals surface area contributed by atoms with Gasteiger partial charge in [0.15, 0.2) is 0 Å². The molecule has 0 fully saturated rings. The molecule has 1 aromatic rings. The first-order chi connectivity index (χ1) is 9.17. The third-order valence-corrected chi connectivity index (χ3v) is 2.41. The molecule has 0 saturated heterocycles. The molecule has 0 atom stereocenters. The van der Waals surface area contributed by atoms with Gasteiger partial charge in [0.2, 0.25) is 0 Å². The predicted octanol–water partition coefficient (Wildman–Crippen LogP) is 1.96. The average Bonchev–Trinajstić information content (AvgIpc) is 2.41. The number of carboxylic acid groups (broad SMARTS) is 1. The molecule has 0 aromatic heterocycles. The predicted molar refractivity (Wildman–Crippen MR) is 71.2 cm³/mol. The van der Waals surface area contributed by atoms with Crippen LogP contribution in [0.1, 0.15) is 11.1 Å². The number of aliphatic carboxylic acids is 1. The number of benzene rings is 1. The summed E-state index contributed by atoms with van der Waals surface area (Å²) in [5.41, 5.74) is 1.65. The van der Waals surface area contributed by atoms with Gasteiger partial charge in [0.1, 0.15) is 5.75 Å². The molecule has 5 nitrogen and oxygen atoms in total. The van der Waals surface area contributed by atoms with E-state index >= 15 is 0 Å². The normalized spacial score (nSPS) is 10.8. The minimum absolute atomic E-state index is 0.390. The lowest BCUT2D eigenvalue weighted by molar-refractivity contribution is -0.131. The SMILES string of the molecule is COCCOCc1cc(C=CC(=O)O)ccc1OC. The minimum Gasteiger partial charge on any atom is -0.496 e. The molecule has 19 heavy (non-hydrogen) atoms. The molecule has 104 valence electrons. The van der Waals surface area contributed by atoms with Crippen molar-refractivity contribution in [3.8, 4) is 5.75 Å². The van der Waals surface area contributed by atoms with Gasteiger partial charge in [-0.1, -0.05) is 6.07 Å². The van der Waals surface area contributed by atoms with Gasteiger partial charge in [-0.2, -0.15) is 0 Å². The molecular formula is C14H18O5. The fourth-order valence-electron chi connectivity index (χ4n) is 1.51. The van der Waals surface area contributed by atoms with Crippen LogP contribution in [0.4, 0.5) is 0 Å². The van der Waals surface area contributed by atoms with Gasteiger partial charge in [-0.05, 0) is 23.8 Å². The summed E-state index contributed by atoms with van der Waals surface area (Å²) in [6.07, 6.45) is 2.62. The third-order valence-electron chi connectivity index (χ3n) is 2.41. The van der Waals surface area contributed by atoms with Crippen molar-refractivity contribution in [1.29, 1.82) is 0 Å². The highest BCUT2D eigenvalue weighted by molar-refractivity contribution is 5.85. The molecule has 0 heterocycles. The van der Waals surface area contributed by atoms with Crippen molar-refractivity contribution in [1.82, 2.24) is 0 Å². The lowest BCUT2D eigenvalue weighted by Crippen LogP contribution is -2.03. The van der Waals surface area contributed by atoms with Crippen LogP contribution >= 0.6 is 0 Å². The molecule has 1 N–H and O–H groups in total. The molecule has 0 aliphatic carbocycles. The van der Waals surface area contributed by atoms with Gasteiger partial charge in [0, 0.05) is 18.7 Å². The maximum absolute atomic E-state index is 10.5. The fraction of sp³-hybridized carbons (Fsp3) is 0.357. The van der Waals surface area contributed by atoms with Crippen molar-refractivity contribution in [3.05, 3.63) is 35.4 Å². The first-order valence-corrected chi connectivity index (χ1v) is 5.82. The number of hydrogen-bond donors (Lipinski definition) is 1. The van der Waals surface area contributed by atoms with Crippen molar-refractivity contribution >= 4 is 12.0 Å². The Bertz CT molecular complexity index is 439. The van der Waals surface area contributed by atoms with Crippen molar-refractivity contribution in [2.45, 2.75) is 6.61 Å². The van der Waals surface area contributed by atoms with E-state index in [-0.39, 0.29) is 0 Å². The van der Waals surface area contributed by atoms with Crippen LogP contribution in [-0.2, 0) is 20.9 Å². The van der Waals surface area contributed by atoms with E-state index in [1.54, 1.807) is 26.4 Å². The molecular weight excluding hydrogens is 248 g/mol. The van der Waals surface area contributed by atoms with Crippen LogP contribution in [0.2, 0.25) is 0 Å². The van der Waals surface area contributed by atoms with E-state index in [1.165, 1.54) is 6.08 Å². The fourth-order valence-corrected chi connectivity index (χ4v) is 1.51. The largest absolute Gasteiger partial charge is 0.496 e. The zero-order valence-electron chi connectivity index (χ0n) is 11.1. The van der Waals surface area contributed by atoms with Gasteiger partial charge in [0.25, 0.3) is 0 Å². The van der Waals surface area contributed by atoms with E-state index in [0.29, 0.717) is 25.6 Å². The summed E-state index contributed by atoms with van der Waals surface area (Å²) in [5, 5.41) is 8.60. The van der Waals surface area contributed by atoms with Crippen LogP contribution in [0.3, 0.4) is 0 Å². The van der Waals surface area contributed by atoms with Crippen LogP contribution < -0.4 is 4.74 Å². The number of rotatable bonds is 8. The minimum atomic E-state index is -0.978. The second-order valence-corrected chi connectivity index (χ2v) is 3.79. The van der Waals surface area contributed by atoms with Gasteiger partial charge in [0.05, 0.1) is 26.9 Å². The second-order valence-electron chi connectivity index (χ2n) is 3.79. The number of hydrogen-bond acceptors (Lipinski definition) is 4. The Labute approximate surface area is 112 Å².